The van der Waals surface area contributed by atoms with Crippen LogP contribution in [0, 0.1) is 0 Å². The van der Waals surface area contributed by atoms with Crippen molar-refractivity contribution in [2.24, 2.45) is 0 Å². The second-order valence-electron chi connectivity index (χ2n) is 7.13. The molecule has 9 heteroatoms. The van der Waals surface area contributed by atoms with Crippen LogP contribution in [0.1, 0.15) is 30.5 Å². The lowest BCUT2D eigenvalue weighted by atomic mass is 10.0. The number of pyridine rings is 1. The van der Waals surface area contributed by atoms with Gasteiger partial charge in [0, 0.05) is 18.0 Å². The average Bonchev–Trinajstić information content (AvgIpc) is 2.75. The third-order valence-corrected chi connectivity index (χ3v) is 4.93. The fourth-order valence-electron chi connectivity index (χ4n) is 3.16. The first-order valence-corrected chi connectivity index (χ1v) is 9.90. The van der Waals surface area contributed by atoms with Gasteiger partial charge in [0.15, 0.2) is 0 Å². The standard InChI is InChI=1S/C22H21F3N4O2/c1-2-18(14-6-8-15(9-7-14)19-5-3-4-10-26-19)28-21-27-11-17(22(23,24)25)20(29-21)31-16-12-30-13-16/h3-11,16,18H,2,12-13H2,1H3,(H,27,28,29)/t18-/m1/s1. The van der Waals surface area contributed by atoms with Gasteiger partial charge in [-0.15, -0.1) is 0 Å². The van der Waals surface area contributed by atoms with Gasteiger partial charge in [-0.05, 0) is 24.1 Å². The molecule has 4 rings (SSSR count). The van der Waals surface area contributed by atoms with Crippen molar-refractivity contribution in [3.8, 4) is 17.1 Å². The smallest absolute Gasteiger partial charge is 0.423 e. The predicted octanol–water partition coefficient (Wildman–Crippen LogP) is 4.90. The van der Waals surface area contributed by atoms with Crippen molar-refractivity contribution in [1.82, 2.24) is 15.0 Å². The summed E-state index contributed by atoms with van der Waals surface area (Å²) in [6, 6.07) is 13.3. The Labute approximate surface area is 177 Å². The molecule has 3 heterocycles. The van der Waals surface area contributed by atoms with Crippen molar-refractivity contribution < 1.29 is 22.6 Å². The summed E-state index contributed by atoms with van der Waals surface area (Å²) < 4.78 is 50.3. The Balaban J connectivity index is 1.54. The van der Waals surface area contributed by atoms with Crippen LogP contribution in [0.15, 0.2) is 54.9 Å². The average molecular weight is 430 g/mol. The van der Waals surface area contributed by atoms with Crippen molar-refractivity contribution in [3.05, 3.63) is 66.0 Å². The van der Waals surface area contributed by atoms with E-state index in [1.54, 1.807) is 6.20 Å². The summed E-state index contributed by atoms with van der Waals surface area (Å²) in [5.74, 6) is -0.414. The van der Waals surface area contributed by atoms with Crippen LogP contribution in [0.25, 0.3) is 11.3 Å². The Bertz CT molecular complexity index is 1010. The maximum Gasteiger partial charge on any atom is 0.423 e. The molecule has 0 bridgehead atoms. The number of anilines is 1. The molecule has 0 radical (unpaired) electrons. The van der Waals surface area contributed by atoms with Crippen molar-refractivity contribution in [2.75, 3.05) is 18.5 Å². The third kappa shape index (κ3) is 4.93. The van der Waals surface area contributed by atoms with Gasteiger partial charge in [-0.2, -0.15) is 18.2 Å². The zero-order chi connectivity index (χ0) is 21.8. The van der Waals surface area contributed by atoms with E-state index in [4.69, 9.17) is 9.47 Å². The Morgan fingerprint density at radius 1 is 1.13 bits per heavy atom. The Hall–Kier alpha value is -3.20. The number of hydrogen-bond acceptors (Lipinski definition) is 6. The van der Waals surface area contributed by atoms with Crippen LogP contribution in [-0.2, 0) is 10.9 Å². The SMILES string of the molecule is CC[C@@H](Nc1ncc(C(F)(F)F)c(OC2COC2)n1)c1ccc(-c2ccccn2)cc1. The molecule has 1 aromatic carbocycles. The van der Waals surface area contributed by atoms with Gasteiger partial charge in [-0.3, -0.25) is 4.98 Å². The number of nitrogens with zero attached hydrogens (tertiary/aromatic N) is 3. The van der Waals surface area contributed by atoms with E-state index >= 15 is 0 Å². The van der Waals surface area contributed by atoms with Crippen molar-refractivity contribution in [3.63, 3.8) is 0 Å². The Kier molecular flexibility index (Phi) is 6.03. The first-order valence-electron chi connectivity index (χ1n) is 9.90. The quantitative estimate of drug-likeness (QED) is 0.575. The molecule has 31 heavy (non-hydrogen) atoms. The maximum absolute atomic E-state index is 13.3. The zero-order valence-corrected chi connectivity index (χ0v) is 16.8. The predicted molar refractivity (Wildman–Crippen MR) is 109 cm³/mol. The molecule has 162 valence electrons. The van der Waals surface area contributed by atoms with Crippen LogP contribution in [0.5, 0.6) is 5.88 Å². The lowest BCUT2D eigenvalue weighted by Crippen LogP contribution is -2.39. The normalized spacial score (nSPS) is 15.2. The van der Waals surface area contributed by atoms with E-state index in [1.165, 1.54) is 0 Å². The highest BCUT2D eigenvalue weighted by atomic mass is 19.4. The molecule has 1 saturated heterocycles. The van der Waals surface area contributed by atoms with E-state index in [9.17, 15) is 13.2 Å². The molecular formula is C22H21F3N4O2. The van der Waals surface area contributed by atoms with Gasteiger partial charge in [0.05, 0.1) is 24.9 Å². The highest BCUT2D eigenvalue weighted by Gasteiger charge is 2.37. The van der Waals surface area contributed by atoms with Crippen LogP contribution >= 0.6 is 0 Å². The molecule has 1 atom stereocenters. The van der Waals surface area contributed by atoms with Gasteiger partial charge in [0.1, 0.15) is 11.7 Å². The summed E-state index contributed by atoms with van der Waals surface area (Å²) in [7, 11) is 0. The van der Waals surface area contributed by atoms with Crippen LogP contribution in [-0.4, -0.2) is 34.3 Å². The van der Waals surface area contributed by atoms with E-state index in [0.717, 1.165) is 23.0 Å². The summed E-state index contributed by atoms with van der Waals surface area (Å²) in [5.41, 5.74) is 1.80. The van der Waals surface area contributed by atoms with E-state index < -0.39 is 23.7 Å². The first kappa shape index (κ1) is 21.0. The summed E-state index contributed by atoms with van der Waals surface area (Å²) >= 11 is 0. The number of ether oxygens (including phenoxy) is 2. The van der Waals surface area contributed by atoms with Gasteiger partial charge in [-0.25, -0.2) is 4.98 Å². The molecule has 6 nitrogen and oxygen atoms in total. The minimum Gasteiger partial charge on any atom is -0.469 e. The van der Waals surface area contributed by atoms with Crippen LogP contribution in [0.3, 0.4) is 0 Å². The van der Waals surface area contributed by atoms with E-state index in [1.807, 2.05) is 49.4 Å². The molecule has 1 aliphatic heterocycles. The lowest BCUT2D eigenvalue weighted by Gasteiger charge is -2.27. The largest absolute Gasteiger partial charge is 0.469 e. The number of nitrogens with one attached hydrogen (secondary N) is 1. The molecule has 1 aliphatic rings. The monoisotopic (exact) mass is 430 g/mol. The molecule has 0 amide bonds. The molecule has 1 N–H and O–H groups in total. The van der Waals surface area contributed by atoms with E-state index in [2.05, 4.69) is 20.3 Å². The highest BCUT2D eigenvalue weighted by Crippen LogP contribution is 2.36. The zero-order valence-electron chi connectivity index (χ0n) is 16.8. The van der Waals surface area contributed by atoms with Gasteiger partial charge < -0.3 is 14.8 Å². The number of rotatable bonds is 7. The van der Waals surface area contributed by atoms with Crippen molar-refractivity contribution in [1.29, 1.82) is 0 Å². The van der Waals surface area contributed by atoms with E-state index in [0.29, 0.717) is 6.42 Å². The fraction of sp³-hybridized carbons (Fsp3) is 0.318. The van der Waals surface area contributed by atoms with E-state index in [-0.39, 0.29) is 25.2 Å². The maximum atomic E-state index is 13.3. The highest BCUT2D eigenvalue weighted by molar-refractivity contribution is 5.59. The fourth-order valence-corrected chi connectivity index (χ4v) is 3.16. The summed E-state index contributed by atoms with van der Waals surface area (Å²) in [6.45, 7) is 2.45. The Morgan fingerprint density at radius 2 is 1.90 bits per heavy atom. The van der Waals surface area contributed by atoms with Crippen molar-refractivity contribution >= 4 is 5.95 Å². The molecule has 0 spiro atoms. The second kappa shape index (κ2) is 8.89. The number of hydrogen-bond donors (Lipinski definition) is 1. The molecule has 2 aromatic heterocycles. The van der Waals surface area contributed by atoms with Gasteiger partial charge >= 0.3 is 6.18 Å². The molecule has 1 fully saturated rings. The summed E-state index contributed by atoms with van der Waals surface area (Å²) in [5, 5.41) is 3.12. The number of aromatic nitrogens is 3. The first-order chi connectivity index (χ1) is 14.9. The minimum atomic E-state index is -4.61. The van der Waals surface area contributed by atoms with Crippen LogP contribution < -0.4 is 10.1 Å². The summed E-state index contributed by atoms with van der Waals surface area (Å²) in [6.07, 6.45) is -1.88. The third-order valence-electron chi connectivity index (χ3n) is 4.93. The lowest BCUT2D eigenvalue weighted by molar-refractivity contribution is -0.142. The van der Waals surface area contributed by atoms with Crippen LogP contribution in [0.4, 0.5) is 19.1 Å². The summed E-state index contributed by atoms with van der Waals surface area (Å²) in [4.78, 5) is 12.2. The molecule has 3 aromatic rings. The molecule has 0 aliphatic carbocycles. The van der Waals surface area contributed by atoms with Crippen LogP contribution in [0.2, 0.25) is 0 Å². The van der Waals surface area contributed by atoms with Gasteiger partial charge in [0.2, 0.25) is 11.8 Å². The second-order valence-corrected chi connectivity index (χ2v) is 7.13. The van der Waals surface area contributed by atoms with Crippen molar-refractivity contribution in [2.45, 2.75) is 31.7 Å². The minimum absolute atomic E-state index is 0.0731. The molecular weight excluding hydrogens is 409 g/mol. The Morgan fingerprint density at radius 3 is 2.48 bits per heavy atom. The molecule has 0 unspecified atom stereocenters. The number of halogens is 3. The molecule has 0 saturated carbocycles. The van der Waals surface area contributed by atoms with Gasteiger partial charge in [-0.1, -0.05) is 37.3 Å². The number of benzene rings is 1. The van der Waals surface area contributed by atoms with Gasteiger partial charge in [0.25, 0.3) is 0 Å². The number of alkyl halides is 3. The topological polar surface area (TPSA) is 69.2 Å².